The van der Waals surface area contributed by atoms with Gasteiger partial charge in [0.2, 0.25) is 0 Å². The third-order valence-electron chi connectivity index (χ3n) is 7.96. The minimum atomic E-state index is -0.921. The Hall–Kier alpha value is -4.23. The van der Waals surface area contributed by atoms with E-state index in [2.05, 4.69) is 61.1 Å². The lowest BCUT2D eigenvalue weighted by Gasteiger charge is -2.13. The summed E-state index contributed by atoms with van der Waals surface area (Å²) in [6, 6.07) is 19.8. The van der Waals surface area contributed by atoms with Crippen LogP contribution in [0.3, 0.4) is 0 Å². The molecule has 218 valence electrons. The number of fused-ring (bicyclic) bond motifs is 1. The van der Waals surface area contributed by atoms with Gasteiger partial charge in [-0.25, -0.2) is 14.8 Å². The molecule has 0 radical (unpaired) electrons. The topological polar surface area (TPSA) is 82.2 Å². The zero-order valence-electron chi connectivity index (χ0n) is 25.3. The van der Waals surface area contributed by atoms with Crippen LogP contribution in [0.2, 0.25) is 0 Å². The smallest absolute Gasteiger partial charge is 0.336 e. The molecule has 42 heavy (non-hydrogen) atoms. The fourth-order valence-electron chi connectivity index (χ4n) is 5.91. The predicted octanol–water partition coefficient (Wildman–Crippen LogP) is 7.35. The van der Waals surface area contributed by atoms with Crippen LogP contribution in [0.15, 0.2) is 60.7 Å². The first kappa shape index (κ1) is 29.3. The highest BCUT2D eigenvalue weighted by Crippen LogP contribution is 2.31. The molecule has 0 spiro atoms. The summed E-state index contributed by atoms with van der Waals surface area (Å²) in [5.74, 6) is 1.13. The maximum atomic E-state index is 11.8. The molecule has 2 aromatic heterocycles. The van der Waals surface area contributed by atoms with Gasteiger partial charge < -0.3 is 19.0 Å². The van der Waals surface area contributed by atoms with Gasteiger partial charge in [-0.05, 0) is 66.6 Å². The van der Waals surface area contributed by atoms with E-state index in [9.17, 15) is 9.90 Å². The highest BCUT2D eigenvalue weighted by molar-refractivity contribution is 5.96. The van der Waals surface area contributed by atoms with Crippen molar-refractivity contribution in [2.45, 2.75) is 66.5 Å². The molecule has 5 rings (SSSR count). The Balaban J connectivity index is 1.58. The molecule has 5 aromatic rings. The number of methoxy groups -OCH3 is 1. The maximum Gasteiger partial charge on any atom is 0.336 e. The molecule has 1 N–H and O–H groups in total. The summed E-state index contributed by atoms with van der Waals surface area (Å²) in [5.41, 5.74) is 9.82. The number of ether oxygens (including phenoxy) is 1. The van der Waals surface area contributed by atoms with Crippen LogP contribution in [-0.2, 0) is 37.1 Å². The first-order valence-corrected chi connectivity index (χ1v) is 14.9. The van der Waals surface area contributed by atoms with E-state index in [0.29, 0.717) is 18.7 Å². The standard InChI is InChI=1S/C35H40N4O3/c1-6-11-32-37-33-23(4)20-26(34-36-29(7-2)30(8-3)38(34)18-19-42-5)21-31(33)39(32)22-24-14-16-25(17-15-24)27-12-9-10-13-28(27)35(40)41/h9-10,12-17,20-21H,6-8,11,18-19,22H2,1-5H3,(H,40,41). The van der Waals surface area contributed by atoms with Crippen molar-refractivity contribution in [1.29, 1.82) is 0 Å². The lowest BCUT2D eigenvalue weighted by atomic mass is 9.98. The van der Waals surface area contributed by atoms with Crippen molar-refractivity contribution >= 4 is 17.0 Å². The Morgan fingerprint density at radius 1 is 0.929 bits per heavy atom. The summed E-state index contributed by atoms with van der Waals surface area (Å²) in [6.45, 7) is 10.7. The fourth-order valence-corrected chi connectivity index (χ4v) is 5.91. The number of carboxylic acids is 1. The van der Waals surface area contributed by atoms with Crippen molar-refractivity contribution in [3.05, 3.63) is 94.6 Å². The fraction of sp³-hybridized carbons (Fsp3) is 0.343. The van der Waals surface area contributed by atoms with Crippen LogP contribution in [0.1, 0.15) is 65.9 Å². The first-order chi connectivity index (χ1) is 20.4. The molecule has 7 heteroatoms. The Morgan fingerprint density at radius 2 is 1.69 bits per heavy atom. The second kappa shape index (κ2) is 12.7. The summed E-state index contributed by atoms with van der Waals surface area (Å²) in [5, 5.41) is 9.64. The van der Waals surface area contributed by atoms with E-state index in [4.69, 9.17) is 14.7 Å². The van der Waals surface area contributed by atoms with E-state index < -0.39 is 5.97 Å². The van der Waals surface area contributed by atoms with Gasteiger partial charge in [0.1, 0.15) is 11.6 Å². The minimum Gasteiger partial charge on any atom is -0.478 e. The molecular weight excluding hydrogens is 524 g/mol. The van der Waals surface area contributed by atoms with Crippen LogP contribution < -0.4 is 0 Å². The van der Waals surface area contributed by atoms with E-state index in [1.165, 1.54) is 5.69 Å². The number of hydrogen-bond donors (Lipinski definition) is 1. The number of carbonyl (C=O) groups is 1. The van der Waals surface area contributed by atoms with Crippen molar-refractivity contribution in [3.63, 3.8) is 0 Å². The van der Waals surface area contributed by atoms with Crippen LogP contribution in [-0.4, -0.2) is 43.9 Å². The number of benzene rings is 3. The van der Waals surface area contributed by atoms with Gasteiger partial charge in [0.15, 0.2) is 0 Å². The van der Waals surface area contributed by atoms with E-state index in [0.717, 1.165) is 88.4 Å². The van der Waals surface area contributed by atoms with E-state index in [1.807, 2.05) is 24.3 Å². The number of carboxylic acid groups (broad SMARTS) is 1. The summed E-state index contributed by atoms with van der Waals surface area (Å²) >= 11 is 0. The average molecular weight is 565 g/mol. The van der Waals surface area contributed by atoms with Crippen LogP contribution >= 0.6 is 0 Å². The number of imidazole rings is 2. The van der Waals surface area contributed by atoms with E-state index in [1.54, 1.807) is 19.2 Å². The number of aryl methyl sites for hydroxylation is 3. The first-order valence-electron chi connectivity index (χ1n) is 14.9. The molecule has 7 nitrogen and oxygen atoms in total. The second-order valence-corrected chi connectivity index (χ2v) is 10.8. The molecule has 0 atom stereocenters. The quantitative estimate of drug-likeness (QED) is 0.171. The zero-order valence-corrected chi connectivity index (χ0v) is 25.3. The number of rotatable bonds is 12. The van der Waals surface area contributed by atoms with Crippen molar-refractivity contribution in [2.24, 2.45) is 0 Å². The van der Waals surface area contributed by atoms with Crippen LogP contribution in [0.4, 0.5) is 0 Å². The van der Waals surface area contributed by atoms with Gasteiger partial charge in [0.25, 0.3) is 0 Å². The Morgan fingerprint density at radius 3 is 2.36 bits per heavy atom. The number of nitrogens with zero attached hydrogens (tertiary/aromatic N) is 4. The lowest BCUT2D eigenvalue weighted by molar-refractivity contribution is 0.0697. The summed E-state index contributed by atoms with van der Waals surface area (Å²) in [6.07, 6.45) is 3.70. The molecular formula is C35H40N4O3. The third kappa shape index (κ3) is 5.61. The van der Waals surface area contributed by atoms with Crippen LogP contribution in [0, 0.1) is 6.92 Å². The van der Waals surface area contributed by atoms with Crippen molar-refractivity contribution in [2.75, 3.05) is 13.7 Å². The van der Waals surface area contributed by atoms with Gasteiger partial charge in [0, 0.05) is 37.9 Å². The second-order valence-electron chi connectivity index (χ2n) is 10.8. The Labute approximate surface area is 247 Å². The minimum absolute atomic E-state index is 0.306. The van der Waals surface area contributed by atoms with E-state index in [-0.39, 0.29) is 0 Å². The van der Waals surface area contributed by atoms with Gasteiger partial charge in [-0.1, -0.05) is 63.2 Å². The average Bonchev–Trinajstić information content (AvgIpc) is 3.54. The maximum absolute atomic E-state index is 11.8. The molecule has 0 bridgehead atoms. The number of hydrogen-bond acceptors (Lipinski definition) is 4. The van der Waals surface area contributed by atoms with Gasteiger partial charge in [-0.2, -0.15) is 0 Å². The predicted molar refractivity (Wildman–Crippen MR) is 168 cm³/mol. The van der Waals surface area contributed by atoms with Crippen molar-refractivity contribution < 1.29 is 14.6 Å². The summed E-state index contributed by atoms with van der Waals surface area (Å²) in [7, 11) is 1.74. The number of aromatic nitrogens is 4. The van der Waals surface area contributed by atoms with Crippen molar-refractivity contribution in [1.82, 2.24) is 19.1 Å². The van der Waals surface area contributed by atoms with Crippen LogP contribution in [0.5, 0.6) is 0 Å². The molecule has 0 saturated carbocycles. The summed E-state index contributed by atoms with van der Waals surface area (Å²) in [4.78, 5) is 22.0. The molecule has 0 fully saturated rings. The monoisotopic (exact) mass is 564 g/mol. The largest absolute Gasteiger partial charge is 0.478 e. The van der Waals surface area contributed by atoms with E-state index >= 15 is 0 Å². The summed E-state index contributed by atoms with van der Waals surface area (Å²) < 4.78 is 10.1. The Bertz CT molecular complexity index is 1710. The molecule has 2 heterocycles. The van der Waals surface area contributed by atoms with Crippen LogP contribution in [0.25, 0.3) is 33.5 Å². The lowest BCUT2D eigenvalue weighted by Crippen LogP contribution is -2.10. The highest BCUT2D eigenvalue weighted by atomic mass is 16.5. The number of aromatic carboxylic acids is 1. The van der Waals surface area contributed by atoms with Gasteiger partial charge in [0.05, 0.1) is 28.9 Å². The normalized spacial score (nSPS) is 11.5. The SMILES string of the molecule is CCCc1nc2c(C)cc(-c3nc(CC)c(CC)n3CCOC)cc2n1Cc1ccc(-c2ccccc2C(=O)O)cc1. The van der Waals surface area contributed by atoms with Gasteiger partial charge in [-0.3, -0.25) is 0 Å². The third-order valence-corrected chi connectivity index (χ3v) is 7.96. The Kier molecular flexibility index (Phi) is 8.88. The highest BCUT2D eigenvalue weighted by Gasteiger charge is 2.20. The molecule has 3 aromatic carbocycles. The molecule has 0 aliphatic carbocycles. The molecule has 0 aliphatic heterocycles. The molecule has 0 aliphatic rings. The van der Waals surface area contributed by atoms with Crippen molar-refractivity contribution in [3.8, 4) is 22.5 Å². The van der Waals surface area contributed by atoms with Gasteiger partial charge in [-0.15, -0.1) is 0 Å². The zero-order chi connectivity index (χ0) is 29.8. The molecule has 0 amide bonds. The molecule has 0 saturated heterocycles. The molecule has 0 unspecified atom stereocenters. The van der Waals surface area contributed by atoms with Gasteiger partial charge >= 0.3 is 5.97 Å².